The van der Waals surface area contributed by atoms with Gasteiger partial charge in [0.25, 0.3) is 11.8 Å². The van der Waals surface area contributed by atoms with Crippen molar-refractivity contribution in [2.24, 2.45) is 0 Å². The van der Waals surface area contributed by atoms with Gasteiger partial charge in [0.15, 0.2) is 5.11 Å². The van der Waals surface area contributed by atoms with Crippen LogP contribution in [0.4, 0.5) is 18.9 Å². The predicted molar refractivity (Wildman–Crippen MR) is 122 cm³/mol. The number of halogens is 5. The van der Waals surface area contributed by atoms with Crippen molar-refractivity contribution in [3.63, 3.8) is 0 Å². The van der Waals surface area contributed by atoms with E-state index in [0.29, 0.717) is 16.3 Å². The van der Waals surface area contributed by atoms with Gasteiger partial charge in [0.1, 0.15) is 17.1 Å². The van der Waals surface area contributed by atoms with Crippen molar-refractivity contribution in [2.45, 2.75) is 6.18 Å². The van der Waals surface area contributed by atoms with E-state index in [9.17, 15) is 22.8 Å². The molecule has 2 heterocycles. The van der Waals surface area contributed by atoms with Gasteiger partial charge in [0.05, 0.1) is 21.3 Å². The molecule has 2 aromatic carbocycles. The van der Waals surface area contributed by atoms with Crippen LogP contribution < -0.4 is 10.2 Å². The molecule has 1 aromatic heterocycles. The molecular formula is C22H11Cl2F3N2O3S. The number of nitrogens with one attached hydrogen (secondary N) is 1. The Bertz CT molecular complexity index is 1330. The standard InChI is InChI=1S/C22H11Cl2F3N2O3S/c23-16-6-2-5-14(18(16)24)17-8-7-13(32-17)10-15-19(30)28-21(33)29(20(15)31)12-4-1-3-11(9-12)22(25,26)27/h1-10H,(H,28,30,33)/b15-10-. The lowest BCUT2D eigenvalue weighted by molar-refractivity contribution is -0.137. The first-order valence-electron chi connectivity index (χ1n) is 9.19. The first-order valence-corrected chi connectivity index (χ1v) is 10.4. The molecule has 2 amide bonds. The van der Waals surface area contributed by atoms with E-state index < -0.39 is 23.6 Å². The number of alkyl halides is 3. The molecule has 0 saturated carbocycles. The van der Waals surface area contributed by atoms with Gasteiger partial charge in [0, 0.05) is 5.56 Å². The molecule has 1 fully saturated rings. The number of amides is 2. The van der Waals surface area contributed by atoms with Gasteiger partial charge in [0.2, 0.25) is 0 Å². The van der Waals surface area contributed by atoms with E-state index in [-0.39, 0.29) is 27.2 Å². The molecule has 5 nitrogen and oxygen atoms in total. The summed E-state index contributed by atoms with van der Waals surface area (Å²) in [5.74, 6) is -1.24. The van der Waals surface area contributed by atoms with Gasteiger partial charge >= 0.3 is 6.18 Å². The topological polar surface area (TPSA) is 62.6 Å². The summed E-state index contributed by atoms with van der Waals surface area (Å²) < 4.78 is 45.0. The van der Waals surface area contributed by atoms with Crippen molar-refractivity contribution in [2.75, 3.05) is 4.90 Å². The van der Waals surface area contributed by atoms with Gasteiger partial charge < -0.3 is 4.42 Å². The summed E-state index contributed by atoms with van der Waals surface area (Å²) in [6, 6.07) is 12.1. The maximum atomic E-state index is 13.1. The maximum absolute atomic E-state index is 13.1. The zero-order valence-corrected chi connectivity index (χ0v) is 18.6. The van der Waals surface area contributed by atoms with Gasteiger partial charge in [-0.25, -0.2) is 0 Å². The quantitative estimate of drug-likeness (QED) is 0.262. The van der Waals surface area contributed by atoms with Crippen LogP contribution in [0.2, 0.25) is 10.0 Å². The Morgan fingerprint density at radius 1 is 1.03 bits per heavy atom. The lowest BCUT2D eigenvalue weighted by Crippen LogP contribution is -2.54. The normalized spacial score (nSPS) is 15.8. The summed E-state index contributed by atoms with van der Waals surface area (Å²) >= 11 is 17.2. The van der Waals surface area contributed by atoms with E-state index in [4.69, 9.17) is 39.8 Å². The zero-order valence-electron chi connectivity index (χ0n) is 16.2. The van der Waals surface area contributed by atoms with Crippen LogP contribution >= 0.6 is 35.4 Å². The van der Waals surface area contributed by atoms with Crippen LogP contribution in [0.5, 0.6) is 0 Å². The lowest BCUT2D eigenvalue weighted by Gasteiger charge is -2.29. The number of nitrogens with zero attached hydrogens (tertiary/aromatic N) is 1. The third-order valence-corrected chi connectivity index (χ3v) is 5.77. The van der Waals surface area contributed by atoms with Crippen molar-refractivity contribution < 1.29 is 27.2 Å². The van der Waals surface area contributed by atoms with Crippen LogP contribution in [0, 0.1) is 0 Å². The highest BCUT2D eigenvalue weighted by atomic mass is 35.5. The maximum Gasteiger partial charge on any atom is 0.416 e. The highest BCUT2D eigenvalue weighted by Crippen LogP contribution is 2.35. The Hall–Kier alpha value is -3.14. The first kappa shape index (κ1) is 23.0. The second-order valence-electron chi connectivity index (χ2n) is 6.81. The Balaban J connectivity index is 1.70. The molecule has 1 saturated heterocycles. The van der Waals surface area contributed by atoms with Gasteiger partial charge in [-0.05, 0) is 60.8 Å². The minimum atomic E-state index is -4.62. The molecule has 0 bridgehead atoms. The van der Waals surface area contributed by atoms with Crippen molar-refractivity contribution in [3.05, 3.63) is 81.5 Å². The Kier molecular flexibility index (Phi) is 6.04. The second-order valence-corrected chi connectivity index (χ2v) is 7.98. The monoisotopic (exact) mass is 510 g/mol. The van der Waals surface area contributed by atoms with Crippen molar-refractivity contribution in [1.29, 1.82) is 0 Å². The van der Waals surface area contributed by atoms with E-state index in [2.05, 4.69) is 5.32 Å². The SMILES string of the molecule is O=C1NC(=S)N(c2cccc(C(F)(F)F)c2)C(=O)/C1=C\c1ccc(-c2cccc(Cl)c2Cl)o1. The van der Waals surface area contributed by atoms with Crippen LogP contribution in [-0.4, -0.2) is 16.9 Å². The Labute approximate surface area is 200 Å². The Morgan fingerprint density at radius 2 is 1.76 bits per heavy atom. The molecule has 3 aromatic rings. The smallest absolute Gasteiger partial charge is 0.416 e. The first-order chi connectivity index (χ1) is 15.6. The zero-order chi connectivity index (χ0) is 23.9. The number of thiocarbonyl (C=S) groups is 1. The van der Waals surface area contributed by atoms with Crippen LogP contribution in [0.15, 0.2) is 64.6 Å². The van der Waals surface area contributed by atoms with E-state index in [1.54, 1.807) is 24.3 Å². The molecule has 1 aliphatic rings. The molecule has 0 radical (unpaired) electrons. The largest absolute Gasteiger partial charge is 0.457 e. The molecular weight excluding hydrogens is 500 g/mol. The second kappa shape index (κ2) is 8.66. The summed E-state index contributed by atoms with van der Waals surface area (Å²) in [6.45, 7) is 0. The average molecular weight is 511 g/mol. The van der Waals surface area contributed by atoms with Gasteiger partial charge in [-0.15, -0.1) is 0 Å². The average Bonchev–Trinajstić information content (AvgIpc) is 3.21. The highest BCUT2D eigenvalue weighted by Gasteiger charge is 2.36. The fourth-order valence-electron chi connectivity index (χ4n) is 3.12. The predicted octanol–water partition coefficient (Wildman–Crippen LogP) is 6.10. The minimum absolute atomic E-state index is 0.136. The summed E-state index contributed by atoms with van der Waals surface area (Å²) in [6.07, 6.45) is -3.45. The molecule has 1 aliphatic heterocycles. The van der Waals surface area contributed by atoms with E-state index >= 15 is 0 Å². The van der Waals surface area contributed by atoms with Crippen LogP contribution in [0.25, 0.3) is 17.4 Å². The molecule has 0 atom stereocenters. The van der Waals surface area contributed by atoms with E-state index in [0.717, 1.165) is 23.1 Å². The number of carbonyl (C=O) groups excluding carboxylic acids is 2. The number of hydrogen-bond donors (Lipinski definition) is 1. The van der Waals surface area contributed by atoms with Crippen molar-refractivity contribution in [3.8, 4) is 11.3 Å². The van der Waals surface area contributed by atoms with Crippen LogP contribution in [-0.2, 0) is 15.8 Å². The third-order valence-electron chi connectivity index (χ3n) is 4.66. The Morgan fingerprint density at radius 3 is 2.48 bits per heavy atom. The number of furan rings is 1. The number of carbonyl (C=O) groups is 2. The van der Waals surface area contributed by atoms with Crippen LogP contribution in [0.3, 0.4) is 0 Å². The summed E-state index contributed by atoms with van der Waals surface area (Å²) in [4.78, 5) is 26.3. The van der Waals surface area contributed by atoms with Gasteiger partial charge in [-0.2, -0.15) is 13.2 Å². The van der Waals surface area contributed by atoms with Gasteiger partial charge in [-0.1, -0.05) is 35.3 Å². The van der Waals surface area contributed by atoms with E-state index in [1.807, 2.05) is 0 Å². The number of anilines is 1. The molecule has 33 heavy (non-hydrogen) atoms. The lowest BCUT2D eigenvalue weighted by atomic mass is 10.1. The minimum Gasteiger partial charge on any atom is -0.457 e. The molecule has 4 rings (SSSR count). The molecule has 1 N–H and O–H groups in total. The summed E-state index contributed by atoms with van der Waals surface area (Å²) in [5, 5.41) is 2.55. The van der Waals surface area contributed by atoms with E-state index in [1.165, 1.54) is 18.2 Å². The van der Waals surface area contributed by atoms with Gasteiger partial charge in [-0.3, -0.25) is 19.8 Å². The van der Waals surface area contributed by atoms with Crippen molar-refractivity contribution >= 4 is 64.1 Å². The number of benzene rings is 2. The third kappa shape index (κ3) is 4.52. The fourth-order valence-corrected chi connectivity index (χ4v) is 3.80. The molecule has 0 spiro atoms. The number of rotatable bonds is 3. The van der Waals surface area contributed by atoms with Crippen LogP contribution in [0.1, 0.15) is 11.3 Å². The summed E-state index contributed by atoms with van der Waals surface area (Å²) in [7, 11) is 0. The highest BCUT2D eigenvalue weighted by molar-refractivity contribution is 7.80. The summed E-state index contributed by atoms with van der Waals surface area (Å²) in [5.41, 5.74) is -0.984. The molecule has 0 unspecified atom stereocenters. The fraction of sp³-hybridized carbons (Fsp3) is 0.0455. The molecule has 168 valence electrons. The number of hydrogen-bond acceptors (Lipinski definition) is 4. The molecule has 0 aliphatic carbocycles. The molecule has 11 heteroatoms. The van der Waals surface area contributed by atoms with Crippen molar-refractivity contribution in [1.82, 2.24) is 5.32 Å².